The fourth-order valence-corrected chi connectivity index (χ4v) is 3.06. The normalized spacial score (nSPS) is 18.5. The van der Waals surface area contributed by atoms with E-state index in [4.69, 9.17) is 9.47 Å². The molecular weight excluding hydrogens is 264 g/mol. The summed E-state index contributed by atoms with van der Waals surface area (Å²) in [6.45, 7) is 5.65. The number of nitrogens with one attached hydrogen (secondary N) is 1. The molecule has 0 aromatic heterocycles. The van der Waals surface area contributed by atoms with Gasteiger partial charge >= 0.3 is 0 Å². The van der Waals surface area contributed by atoms with Crippen molar-refractivity contribution in [3.63, 3.8) is 0 Å². The molecule has 1 N–H and O–H groups in total. The molecule has 21 heavy (non-hydrogen) atoms. The van der Waals surface area contributed by atoms with Crippen LogP contribution in [0.2, 0.25) is 0 Å². The number of hydrogen-bond donors (Lipinski definition) is 1. The van der Waals surface area contributed by atoms with E-state index in [1.165, 1.54) is 11.1 Å². The molecule has 0 amide bonds. The summed E-state index contributed by atoms with van der Waals surface area (Å²) >= 11 is 0. The van der Waals surface area contributed by atoms with Crippen LogP contribution in [0.5, 0.6) is 0 Å². The van der Waals surface area contributed by atoms with Gasteiger partial charge in [-0.3, -0.25) is 4.90 Å². The molecule has 0 radical (unpaired) electrons. The summed E-state index contributed by atoms with van der Waals surface area (Å²) in [4.78, 5) is 2.55. The predicted molar refractivity (Wildman–Crippen MR) is 85.4 cm³/mol. The van der Waals surface area contributed by atoms with Gasteiger partial charge < -0.3 is 14.8 Å². The highest BCUT2D eigenvalue weighted by Gasteiger charge is 2.23. The van der Waals surface area contributed by atoms with Crippen LogP contribution in [0.1, 0.15) is 30.0 Å². The van der Waals surface area contributed by atoms with Crippen molar-refractivity contribution in [3.05, 3.63) is 35.4 Å². The fraction of sp³-hybridized carbons (Fsp3) is 0.647. The SMILES string of the molecule is COCCCN(CCOC)C1CCNCc2ccccc21. The zero-order valence-corrected chi connectivity index (χ0v) is 13.3. The van der Waals surface area contributed by atoms with Gasteiger partial charge in [-0.05, 0) is 30.5 Å². The molecule has 0 spiro atoms. The van der Waals surface area contributed by atoms with Crippen LogP contribution < -0.4 is 5.32 Å². The average molecular weight is 292 g/mol. The van der Waals surface area contributed by atoms with Crippen LogP contribution in [0.25, 0.3) is 0 Å². The second-order valence-corrected chi connectivity index (χ2v) is 5.56. The number of benzene rings is 1. The Morgan fingerprint density at radius 1 is 1.14 bits per heavy atom. The van der Waals surface area contributed by atoms with Gasteiger partial charge in [-0.1, -0.05) is 24.3 Å². The summed E-state index contributed by atoms with van der Waals surface area (Å²) in [7, 11) is 3.54. The largest absolute Gasteiger partial charge is 0.385 e. The highest BCUT2D eigenvalue weighted by Crippen LogP contribution is 2.29. The van der Waals surface area contributed by atoms with Crippen molar-refractivity contribution in [1.29, 1.82) is 0 Å². The van der Waals surface area contributed by atoms with Crippen LogP contribution in [0.15, 0.2) is 24.3 Å². The first-order chi connectivity index (χ1) is 10.4. The Bertz CT molecular complexity index is 412. The average Bonchev–Trinajstić information content (AvgIpc) is 2.73. The van der Waals surface area contributed by atoms with E-state index in [9.17, 15) is 0 Å². The topological polar surface area (TPSA) is 33.7 Å². The molecule has 1 aromatic rings. The van der Waals surface area contributed by atoms with Crippen molar-refractivity contribution < 1.29 is 9.47 Å². The van der Waals surface area contributed by atoms with E-state index < -0.39 is 0 Å². The Hall–Kier alpha value is -0.940. The summed E-state index contributed by atoms with van der Waals surface area (Å²) in [5, 5.41) is 3.53. The molecule has 1 unspecified atom stereocenters. The minimum absolute atomic E-state index is 0.475. The van der Waals surface area contributed by atoms with E-state index in [2.05, 4.69) is 34.5 Å². The zero-order valence-electron chi connectivity index (χ0n) is 13.3. The van der Waals surface area contributed by atoms with Gasteiger partial charge in [0.1, 0.15) is 0 Å². The maximum absolute atomic E-state index is 5.30. The van der Waals surface area contributed by atoms with Gasteiger partial charge in [0.25, 0.3) is 0 Å². The number of methoxy groups -OCH3 is 2. The molecule has 1 aliphatic rings. The monoisotopic (exact) mass is 292 g/mol. The molecule has 4 nitrogen and oxygen atoms in total. The second-order valence-electron chi connectivity index (χ2n) is 5.56. The third kappa shape index (κ3) is 4.78. The Morgan fingerprint density at radius 3 is 2.76 bits per heavy atom. The molecule has 0 bridgehead atoms. The molecular formula is C17H28N2O2. The van der Waals surface area contributed by atoms with Crippen molar-refractivity contribution >= 4 is 0 Å². The fourth-order valence-electron chi connectivity index (χ4n) is 3.06. The standard InChI is InChI=1S/C17H28N2O2/c1-20-12-5-10-19(11-13-21-2)17-8-9-18-14-15-6-3-4-7-16(15)17/h3-4,6-7,17-18H,5,8-14H2,1-2H3. The van der Waals surface area contributed by atoms with Crippen molar-refractivity contribution in [2.45, 2.75) is 25.4 Å². The van der Waals surface area contributed by atoms with Crippen LogP contribution in [-0.4, -0.2) is 52.0 Å². The smallest absolute Gasteiger partial charge is 0.0589 e. The van der Waals surface area contributed by atoms with Gasteiger partial charge in [0.2, 0.25) is 0 Å². The van der Waals surface area contributed by atoms with Gasteiger partial charge in [-0.2, -0.15) is 0 Å². The van der Waals surface area contributed by atoms with E-state index in [1.807, 2.05) is 0 Å². The lowest BCUT2D eigenvalue weighted by Gasteiger charge is -2.32. The van der Waals surface area contributed by atoms with E-state index in [0.717, 1.165) is 52.2 Å². The summed E-state index contributed by atoms with van der Waals surface area (Å²) < 4.78 is 10.5. The molecule has 0 fully saturated rings. The number of hydrogen-bond acceptors (Lipinski definition) is 4. The number of nitrogens with zero attached hydrogens (tertiary/aromatic N) is 1. The first-order valence-corrected chi connectivity index (χ1v) is 7.87. The lowest BCUT2D eigenvalue weighted by Crippen LogP contribution is -2.34. The Balaban J connectivity index is 2.12. The van der Waals surface area contributed by atoms with Gasteiger partial charge in [-0.25, -0.2) is 0 Å². The summed E-state index contributed by atoms with van der Waals surface area (Å²) in [5.74, 6) is 0. The predicted octanol–water partition coefficient (Wildman–Crippen LogP) is 2.21. The lowest BCUT2D eigenvalue weighted by molar-refractivity contribution is 0.103. The maximum Gasteiger partial charge on any atom is 0.0589 e. The summed E-state index contributed by atoms with van der Waals surface area (Å²) in [5.41, 5.74) is 2.89. The van der Waals surface area contributed by atoms with E-state index >= 15 is 0 Å². The molecule has 1 aliphatic heterocycles. The first kappa shape index (κ1) is 16.4. The minimum Gasteiger partial charge on any atom is -0.385 e. The van der Waals surface area contributed by atoms with Crippen molar-refractivity contribution in [2.24, 2.45) is 0 Å². The quantitative estimate of drug-likeness (QED) is 0.745. The van der Waals surface area contributed by atoms with Crippen LogP contribution in [-0.2, 0) is 16.0 Å². The van der Waals surface area contributed by atoms with Crippen LogP contribution in [0.4, 0.5) is 0 Å². The number of fused-ring (bicyclic) bond motifs is 1. The molecule has 0 aliphatic carbocycles. The van der Waals surface area contributed by atoms with Gasteiger partial charge in [0.05, 0.1) is 6.61 Å². The molecule has 2 rings (SSSR count). The number of ether oxygens (including phenoxy) is 2. The summed E-state index contributed by atoms with van der Waals surface area (Å²) in [6, 6.07) is 9.28. The first-order valence-electron chi connectivity index (χ1n) is 7.87. The molecule has 0 saturated heterocycles. The molecule has 0 saturated carbocycles. The Kier molecular flexibility index (Phi) is 7.16. The van der Waals surface area contributed by atoms with Crippen molar-refractivity contribution in [1.82, 2.24) is 10.2 Å². The van der Waals surface area contributed by atoms with Crippen LogP contribution >= 0.6 is 0 Å². The van der Waals surface area contributed by atoms with Gasteiger partial charge in [0.15, 0.2) is 0 Å². The van der Waals surface area contributed by atoms with Crippen molar-refractivity contribution in [2.75, 3.05) is 47.1 Å². The van der Waals surface area contributed by atoms with Gasteiger partial charge in [-0.15, -0.1) is 0 Å². The number of rotatable bonds is 8. The van der Waals surface area contributed by atoms with E-state index in [-0.39, 0.29) is 0 Å². The minimum atomic E-state index is 0.475. The Labute approximate surface area is 128 Å². The molecule has 1 aromatic carbocycles. The van der Waals surface area contributed by atoms with E-state index in [1.54, 1.807) is 14.2 Å². The molecule has 1 heterocycles. The maximum atomic E-state index is 5.30. The lowest BCUT2D eigenvalue weighted by atomic mass is 9.97. The molecule has 4 heteroatoms. The van der Waals surface area contributed by atoms with Gasteiger partial charge in [0, 0.05) is 46.5 Å². The van der Waals surface area contributed by atoms with Crippen LogP contribution in [0, 0.1) is 0 Å². The molecule has 1 atom stereocenters. The zero-order chi connectivity index (χ0) is 14.9. The summed E-state index contributed by atoms with van der Waals surface area (Å²) in [6.07, 6.45) is 2.21. The van der Waals surface area contributed by atoms with Crippen molar-refractivity contribution in [3.8, 4) is 0 Å². The Morgan fingerprint density at radius 2 is 1.95 bits per heavy atom. The third-order valence-corrected chi connectivity index (χ3v) is 4.14. The van der Waals surface area contributed by atoms with Crippen LogP contribution in [0.3, 0.4) is 0 Å². The second kappa shape index (κ2) is 9.15. The molecule has 118 valence electrons. The van der Waals surface area contributed by atoms with E-state index in [0.29, 0.717) is 6.04 Å². The third-order valence-electron chi connectivity index (χ3n) is 4.14. The highest BCUT2D eigenvalue weighted by atomic mass is 16.5. The highest BCUT2D eigenvalue weighted by molar-refractivity contribution is 5.31.